The lowest BCUT2D eigenvalue weighted by atomic mass is 10.1. The molecule has 0 aromatic carbocycles. The van der Waals surface area contributed by atoms with E-state index in [1.165, 1.54) is 0 Å². The van der Waals surface area contributed by atoms with Crippen LogP contribution in [0, 0.1) is 5.92 Å². The Morgan fingerprint density at radius 3 is 2.75 bits per heavy atom. The third kappa shape index (κ3) is 1.93. The van der Waals surface area contributed by atoms with Crippen molar-refractivity contribution in [3.8, 4) is 0 Å². The van der Waals surface area contributed by atoms with Gasteiger partial charge in [0.15, 0.2) is 5.83 Å². The van der Waals surface area contributed by atoms with E-state index in [0.29, 0.717) is 5.71 Å². The van der Waals surface area contributed by atoms with Gasteiger partial charge in [-0.25, -0.2) is 0 Å². The zero-order chi connectivity index (χ0) is 9.14. The Kier molecular flexibility index (Phi) is 2.61. The Bertz CT molecular complexity index is 302. The summed E-state index contributed by atoms with van der Waals surface area (Å²) in [6.07, 6.45) is 3.27. The number of aliphatic imine (C=N–C) groups is 1. The summed E-state index contributed by atoms with van der Waals surface area (Å²) >= 11 is 0. The van der Waals surface area contributed by atoms with Crippen LogP contribution in [0.25, 0.3) is 0 Å². The topological polar surface area (TPSA) is 12.4 Å². The molecule has 0 saturated carbocycles. The van der Waals surface area contributed by atoms with Gasteiger partial charge in [0.1, 0.15) is 0 Å². The van der Waals surface area contributed by atoms with Gasteiger partial charge in [0.25, 0.3) is 0 Å². The molecule has 0 radical (unpaired) electrons. The lowest BCUT2D eigenvalue weighted by Gasteiger charge is -2.03. The van der Waals surface area contributed by atoms with Gasteiger partial charge >= 0.3 is 0 Å². The fourth-order valence-electron chi connectivity index (χ4n) is 0.919. The van der Waals surface area contributed by atoms with Gasteiger partial charge in [0, 0.05) is 6.20 Å². The molecule has 1 nitrogen and oxygen atoms in total. The fraction of sp³-hybridized carbons (Fsp3) is 0.400. The molecule has 64 valence electrons. The van der Waals surface area contributed by atoms with Gasteiger partial charge in [-0.2, -0.15) is 4.39 Å². The van der Waals surface area contributed by atoms with E-state index in [9.17, 15) is 4.39 Å². The first kappa shape index (κ1) is 8.95. The molecule has 12 heavy (non-hydrogen) atoms. The van der Waals surface area contributed by atoms with Crippen molar-refractivity contribution in [2.45, 2.75) is 20.8 Å². The maximum absolute atomic E-state index is 13.1. The van der Waals surface area contributed by atoms with E-state index >= 15 is 0 Å². The third-order valence-corrected chi connectivity index (χ3v) is 1.61. The fourth-order valence-corrected chi connectivity index (χ4v) is 0.919. The third-order valence-electron chi connectivity index (χ3n) is 1.61. The summed E-state index contributed by atoms with van der Waals surface area (Å²) in [5.41, 5.74) is 3.94. The van der Waals surface area contributed by atoms with Gasteiger partial charge in [-0.15, -0.1) is 0 Å². The molecule has 0 saturated heterocycles. The molecule has 0 aromatic heterocycles. The minimum absolute atomic E-state index is 0.105. The molecule has 0 N–H and O–H groups in total. The van der Waals surface area contributed by atoms with Crippen molar-refractivity contribution in [3.05, 3.63) is 29.4 Å². The number of hydrogen-bond acceptors (Lipinski definition) is 1. The van der Waals surface area contributed by atoms with Crippen LogP contribution < -0.4 is 0 Å². The quantitative estimate of drug-likeness (QED) is 0.529. The second-order valence-corrected chi connectivity index (χ2v) is 3.14. The molecular formula is C10H12FN. The molecule has 0 unspecified atom stereocenters. The highest BCUT2D eigenvalue weighted by atomic mass is 19.1. The molecule has 0 aliphatic carbocycles. The lowest BCUT2D eigenvalue weighted by Crippen LogP contribution is -2.06. The largest absolute Gasteiger partial charge is 0.257 e. The molecule has 1 aliphatic rings. The van der Waals surface area contributed by atoms with Crippen LogP contribution >= 0.6 is 0 Å². The van der Waals surface area contributed by atoms with Gasteiger partial charge in [0.05, 0.1) is 5.71 Å². The van der Waals surface area contributed by atoms with Crippen molar-refractivity contribution < 1.29 is 4.39 Å². The van der Waals surface area contributed by atoms with E-state index in [4.69, 9.17) is 0 Å². The number of rotatable bonds is 1. The van der Waals surface area contributed by atoms with Gasteiger partial charge in [-0.1, -0.05) is 19.6 Å². The minimum atomic E-state index is -0.349. The zero-order valence-electron chi connectivity index (χ0n) is 7.56. The predicted octanol–water partition coefficient (Wildman–Crippen LogP) is 3.01. The predicted molar refractivity (Wildman–Crippen MR) is 48.7 cm³/mol. The van der Waals surface area contributed by atoms with E-state index < -0.39 is 0 Å². The Hall–Kier alpha value is -1.14. The number of hydrogen-bond donors (Lipinski definition) is 0. The monoisotopic (exact) mass is 165 g/mol. The molecular weight excluding hydrogens is 153 g/mol. The molecule has 0 bridgehead atoms. The van der Waals surface area contributed by atoms with Crippen molar-refractivity contribution in [2.75, 3.05) is 0 Å². The standard InChI is InChI=1S/C10H12FN/c1-7(2)10-9(11)5-4-8(3)6-12-10/h4,6-7H,1-3H3. The SMILES string of the molecule is CC1=CN=C(C(C)C)C(F)=C=C1. The van der Waals surface area contributed by atoms with Gasteiger partial charge < -0.3 is 0 Å². The summed E-state index contributed by atoms with van der Waals surface area (Å²) in [6.45, 7) is 5.69. The summed E-state index contributed by atoms with van der Waals surface area (Å²) in [7, 11) is 0. The van der Waals surface area contributed by atoms with Crippen LogP contribution in [0.5, 0.6) is 0 Å². The smallest absolute Gasteiger partial charge is 0.187 e. The van der Waals surface area contributed by atoms with Crippen molar-refractivity contribution in [1.29, 1.82) is 0 Å². The first-order valence-electron chi connectivity index (χ1n) is 3.98. The molecule has 0 atom stereocenters. The lowest BCUT2D eigenvalue weighted by molar-refractivity contribution is 0.666. The first-order chi connectivity index (χ1) is 5.61. The summed E-state index contributed by atoms with van der Waals surface area (Å²) in [4.78, 5) is 4.03. The summed E-state index contributed by atoms with van der Waals surface area (Å²) in [6, 6.07) is 0. The Morgan fingerprint density at radius 2 is 2.17 bits per heavy atom. The van der Waals surface area contributed by atoms with E-state index in [0.717, 1.165) is 5.57 Å². The second kappa shape index (κ2) is 3.51. The molecule has 0 amide bonds. The Labute approximate surface area is 72.0 Å². The average molecular weight is 165 g/mol. The summed E-state index contributed by atoms with van der Waals surface area (Å²) < 4.78 is 13.1. The number of halogens is 1. The number of allylic oxidation sites excluding steroid dienone is 2. The molecule has 1 heterocycles. The molecule has 1 aliphatic heterocycles. The summed E-state index contributed by atoms with van der Waals surface area (Å²) in [5, 5.41) is 0. The average Bonchev–Trinajstić information content (AvgIpc) is 2.14. The van der Waals surface area contributed by atoms with Crippen LogP contribution in [0.1, 0.15) is 20.8 Å². The van der Waals surface area contributed by atoms with Crippen molar-refractivity contribution in [3.63, 3.8) is 0 Å². The molecule has 2 heteroatoms. The highest BCUT2D eigenvalue weighted by Gasteiger charge is 2.10. The highest BCUT2D eigenvalue weighted by molar-refractivity contribution is 6.00. The maximum atomic E-state index is 13.1. The summed E-state index contributed by atoms with van der Waals surface area (Å²) in [5.74, 6) is -0.244. The molecule has 0 aromatic rings. The van der Waals surface area contributed by atoms with Crippen molar-refractivity contribution in [2.24, 2.45) is 10.9 Å². The van der Waals surface area contributed by atoms with Crippen LogP contribution in [0.4, 0.5) is 4.39 Å². The van der Waals surface area contributed by atoms with Crippen LogP contribution in [0.3, 0.4) is 0 Å². The van der Waals surface area contributed by atoms with Gasteiger partial charge in [0.2, 0.25) is 0 Å². The Morgan fingerprint density at radius 1 is 1.50 bits per heavy atom. The van der Waals surface area contributed by atoms with E-state index in [1.807, 2.05) is 20.8 Å². The van der Waals surface area contributed by atoms with Crippen LogP contribution in [0.15, 0.2) is 34.4 Å². The number of nitrogens with zero attached hydrogens (tertiary/aromatic N) is 1. The van der Waals surface area contributed by atoms with Crippen LogP contribution in [0.2, 0.25) is 0 Å². The van der Waals surface area contributed by atoms with E-state index in [-0.39, 0.29) is 11.7 Å². The highest BCUT2D eigenvalue weighted by Crippen LogP contribution is 2.12. The van der Waals surface area contributed by atoms with Gasteiger partial charge in [-0.3, -0.25) is 4.99 Å². The molecule has 0 fully saturated rings. The van der Waals surface area contributed by atoms with Crippen LogP contribution in [-0.2, 0) is 0 Å². The maximum Gasteiger partial charge on any atom is 0.187 e. The van der Waals surface area contributed by atoms with Gasteiger partial charge in [-0.05, 0) is 24.5 Å². The zero-order valence-corrected chi connectivity index (χ0v) is 7.56. The molecule has 1 rings (SSSR count). The van der Waals surface area contributed by atoms with Crippen molar-refractivity contribution in [1.82, 2.24) is 0 Å². The Balaban J connectivity index is 3.10. The normalized spacial score (nSPS) is 16.9. The van der Waals surface area contributed by atoms with E-state index in [1.54, 1.807) is 12.3 Å². The van der Waals surface area contributed by atoms with Crippen molar-refractivity contribution >= 4 is 5.71 Å². The van der Waals surface area contributed by atoms with E-state index in [2.05, 4.69) is 10.7 Å². The second-order valence-electron chi connectivity index (χ2n) is 3.14. The van der Waals surface area contributed by atoms with Crippen LogP contribution in [-0.4, -0.2) is 5.71 Å². The first-order valence-corrected chi connectivity index (χ1v) is 3.98. The minimum Gasteiger partial charge on any atom is -0.257 e. The molecule has 0 spiro atoms.